The van der Waals surface area contributed by atoms with Crippen molar-refractivity contribution >= 4 is 28.4 Å². The fourth-order valence-corrected chi connectivity index (χ4v) is 5.75. The van der Waals surface area contributed by atoms with Crippen LogP contribution in [0.1, 0.15) is 43.7 Å². The van der Waals surface area contributed by atoms with Gasteiger partial charge in [-0.1, -0.05) is 54.9 Å². The van der Waals surface area contributed by atoms with E-state index in [-0.39, 0.29) is 29.2 Å². The topological polar surface area (TPSA) is 85.6 Å². The molecule has 0 amide bonds. The van der Waals surface area contributed by atoms with Gasteiger partial charge < -0.3 is 10.6 Å². The molecule has 2 atom stereocenters. The predicted octanol–water partition coefficient (Wildman–Crippen LogP) is 2.69. The molecule has 2 N–H and O–H groups in total. The quantitative estimate of drug-likeness (QED) is 0.817. The number of benzene rings is 1. The van der Waals surface area contributed by atoms with Crippen molar-refractivity contribution in [2.75, 3.05) is 5.73 Å². The molecule has 0 saturated heterocycles. The summed E-state index contributed by atoms with van der Waals surface area (Å²) in [7, 11) is 0. The van der Waals surface area contributed by atoms with Gasteiger partial charge in [0.05, 0.1) is 24.3 Å². The number of rotatable bonds is 4. The second-order valence-electron chi connectivity index (χ2n) is 7.99. The van der Waals surface area contributed by atoms with Crippen LogP contribution in [0.3, 0.4) is 0 Å². The number of hydrogen-bond acceptors (Lipinski definition) is 6. The van der Waals surface area contributed by atoms with Gasteiger partial charge in [0.15, 0.2) is 5.17 Å². The zero-order chi connectivity index (χ0) is 20.8. The van der Waals surface area contributed by atoms with E-state index in [1.54, 1.807) is 11.8 Å². The van der Waals surface area contributed by atoms with Gasteiger partial charge in [-0.15, -0.1) is 0 Å². The zero-order valence-electron chi connectivity index (χ0n) is 17.0. The number of thioether (sulfide) groups is 1. The average molecular weight is 424 g/mol. The zero-order valence-corrected chi connectivity index (χ0v) is 17.8. The Bertz CT molecular complexity index is 1160. The van der Waals surface area contributed by atoms with Crippen molar-refractivity contribution in [3.8, 4) is 0 Å². The van der Waals surface area contributed by atoms with Crippen LogP contribution in [-0.4, -0.2) is 31.3 Å². The first kappa shape index (κ1) is 19.2. The molecule has 0 bridgehead atoms. The highest BCUT2D eigenvalue weighted by atomic mass is 32.2. The Balaban J connectivity index is 1.64. The molecule has 156 valence electrons. The molecule has 5 rings (SSSR count). The van der Waals surface area contributed by atoms with Crippen LogP contribution in [0.25, 0.3) is 5.70 Å². The van der Waals surface area contributed by atoms with Crippen molar-refractivity contribution in [2.24, 2.45) is 4.99 Å². The van der Waals surface area contributed by atoms with Crippen molar-refractivity contribution in [2.45, 2.75) is 57.8 Å². The SMILES string of the molecule is CCn1c(=O)c(C2=CSC3=N[C@H]4CCCC[C@@H]4N23)c(N)n(Cc2ccccc2)c1=O. The van der Waals surface area contributed by atoms with E-state index in [1.807, 2.05) is 42.7 Å². The number of fused-ring (bicyclic) bond motifs is 3. The van der Waals surface area contributed by atoms with Gasteiger partial charge >= 0.3 is 5.69 Å². The summed E-state index contributed by atoms with van der Waals surface area (Å²) in [6.45, 7) is 2.44. The maximum atomic E-state index is 13.3. The number of nitrogens with zero attached hydrogens (tertiary/aromatic N) is 4. The van der Waals surface area contributed by atoms with Gasteiger partial charge in [0.25, 0.3) is 5.56 Å². The van der Waals surface area contributed by atoms with Crippen molar-refractivity contribution in [1.82, 2.24) is 14.0 Å². The van der Waals surface area contributed by atoms with Crippen LogP contribution in [0.15, 0.2) is 50.3 Å². The average Bonchev–Trinajstić information content (AvgIpc) is 3.32. The third-order valence-corrected chi connectivity index (χ3v) is 7.12. The first-order chi connectivity index (χ1) is 14.6. The molecule has 3 heterocycles. The fraction of sp³-hybridized carbons (Fsp3) is 0.409. The molecule has 2 aromatic rings. The molecule has 2 aliphatic heterocycles. The summed E-state index contributed by atoms with van der Waals surface area (Å²) in [6, 6.07) is 10.3. The van der Waals surface area contributed by atoms with E-state index in [0.29, 0.717) is 18.7 Å². The molecule has 0 spiro atoms. The van der Waals surface area contributed by atoms with Crippen LogP contribution < -0.4 is 17.0 Å². The molecule has 0 unspecified atom stereocenters. The lowest BCUT2D eigenvalue weighted by Gasteiger charge is -2.32. The van der Waals surface area contributed by atoms with E-state index >= 15 is 0 Å². The number of nitrogens with two attached hydrogens (primary N) is 1. The van der Waals surface area contributed by atoms with Crippen LogP contribution in [0.2, 0.25) is 0 Å². The van der Waals surface area contributed by atoms with Crippen LogP contribution in [0.5, 0.6) is 0 Å². The summed E-state index contributed by atoms with van der Waals surface area (Å²) in [5, 5.41) is 2.92. The summed E-state index contributed by atoms with van der Waals surface area (Å²) >= 11 is 1.55. The van der Waals surface area contributed by atoms with Crippen molar-refractivity contribution in [3.63, 3.8) is 0 Å². The van der Waals surface area contributed by atoms with Crippen molar-refractivity contribution in [1.29, 1.82) is 0 Å². The van der Waals surface area contributed by atoms with Gasteiger partial charge in [-0.05, 0) is 25.3 Å². The molecule has 30 heavy (non-hydrogen) atoms. The monoisotopic (exact) mass is 423 g/mol. The van der Waals surface area contributed by atoms with E-state index in [9.17, 15) is 9.59 Å². The largest absolute Gasteiger partial charge is 0.384 e. The third-order valence-electron chi connectivity index (χ3n) is 6.27. The van der Waals surface area contributed by atoms with Gasteiger partial charge in [0, 0.05) is 12.0 Å². The van der Waals surface area contributed by atoms with E-state index in [2.05, 4.69) is 4.90 Å². The number of nitrogen functional groups attached to an aromatic ring is 1. The Morgan fingerprint density at radius 1 is 1.13 bits per heavy atom. The van der Waals surface area contributed by atoms with Gasteiger partial charge in [0.1, 0.15) is 11.4 Å². The summed E-state index contributed by atoms with van der Waals surface area (Å²) in [4.78, 5) is 33.5. The molecule has 1 aromatic heterocycles. The maximum absolute atomic E-state index is 13.3. The molecule has 1 aromatic carbocycles. The fourth-order valence-electron chi connectivity index (χ4n) is 4.76. The first-order valence-electron chi connectivity index (χ1n) is 10.5. The third kappa shape index (κ3) is 2.93. The molecule has 7 nitrogen and oxygen atoms in total. The van der Waals surface area contributed by atoms with Gasteiger partial charge in [-0.3, -0.25) is 18.9 Å². The van der Waals surface area contributed by atoms with Crippen LogP contribution in [0.4, 0.5) is 5.82 Å². The van der Waals surface area contributed by atoms with E-state index in [4.69, 9.17) is 10.7 Å². The standard InChI is InChI=1S/C22H25N5O2S/c1-2-25-20(28)18(19(23)26(22(25)29)12-14-8-4-3-5-9-14)17-13-30-21-24-15-10-6-7-11-16(15)27(17)21/h3-5,8-9,13,15-16H,2,6-7,10-12,23H2,1H3/t15-,16-/m0/s1. The highest BCUT2D eigenvalue weighted by molar-refractivity contribution is 8.16. The summed E-state index contributed by atoms with van der Waals surface area (Å²) in [5.41, 5.74) is 7.99. The number of hydrogen-bond donors (Lipinski definition) is 1. The number of aromatic nitrogens is 2. The van der Waals surface area contributed by atoms with Gasteiger partial charge in [-0.25, -0.2) is 4.79 Å². The van der Waals surface area contributed by atoms with Crippen LogP contribution in [0, 0.1) is 0 Å². The second kappa shape index (κ2) is 7.50. The molecule has 0 radical (unpaired) electrons. The van der Waals surface area contributed by atoms with Crippen LogP contribution >= 0.6 is 11.8 Å². The Hall–Kier alpha value is -2.74. The minimum absolute atomic E-state index is 0.228. The highest BCUT2D eigenvalue weighted by Crippen LogP contribution is 2.44. The predicted molar refractivity (Wildman–Crippen MR) is 121 cm³/mol. The molecular formula is C22H25N5O2S. The summed E-state index contributed by atoms with van der Waals surface area (Å²) < 4.78 is 2.80. The minimum atomic E-state index is -0.371. The first-order valence-corrected chi connectivity index (χ1v) is 11.4. The van der Waals surface area contributed by atoms with Crippen molar-refractivity contribution in [3.05, 3.63) is 67.7 Å². The van der Waals surface area contributed by atoms with Crippen molar-refractivity contribution < 1.29 is 0 Å². The second-order valence-corrected chi connectivity index (χ2v) is 8.82. The lowest BCUT2D eigenvalue weighted by molar-refractivity contribution is 0.305. The normalized spacial score (nSPS) is 22.5. The molecule has 1 aliphatic carbocycles. The Kier molecular flexibility index (Phi) is 4.81. The summed E-state index contributed by atoms with van der Waals surface area (Å²) in [6.07, 6.45) is 4.50. The Labute approximate surface area is 178 Å². The summed E-state index contributed by atoms with van der Waals surface area (Å²) in [5.74, 6) is 0.228. The highest BCUT2D eigenvalue weighted by Gasteiger charge is 2.43. The molecule has 8 heteroatoms. The molecular weight excluding hydrogens is 398 g/mol. The maximum Gasteiger partial charge on any atom is 0.332 e. The number of amidine groups is 1. The van der Waals surface area contributed by atoms with E-state index < -0.39 is 0 Å². The van der Waals surface area contributed by atoms with Gasteiger partial charge in [-0.2, -0.15) is 0 Å². The van der Waals surface area contributed by atoms with E-state index in [0.717, 1.165) is 29.3 Å². The molecule has 3 aliphatic rings. The van der Waals surface area contributed by atoms with E-state index in [1.165, 1.54) is 22.0 Å². The molecule has 1 saturated carbocycles. The Morgan fingerprint density at radius 3 is 2.67 bits per heavy atom. The number of anilines is 1. The molecule has 1 fully saturated rings. The number of aliphatic imine (C=N–C) groups is 1. The minimum Gasteiger partial charge on any atom is -0.384 e. The van der Waals surface area contributed by atoms with Gasteiger partial charge in [0.2, 0.25) is 0 Å². The Morgan fingerprint density at radius 2 is 1.90 bits per heavy atom. The van der Waals surface area contributed by atoms with Crippen LogP contribution in [-0.2, 0) is 13.1 Å². The smallest absolute Gasteiger partial charge is 0.332 e. The lowest BCUT2D eigenvalue weighted by atomic mass is 9.90. The lowest BCUT2D eigenvalue weighted by Crippen LogP contribution is -2.45.